The molecule has 0 N–H and O–H groups in total. The zero-order valence-corrected chi connectivity index (χ0v) is 10.8. The Hall–Kier alpha value is -0.860. The minimum atomic E-state index is 0.0300. The molecule has 2 rings (SSSR count). The molecule has 3 nitrogen and oxygen atoms in total. The third-order valence-electron chi connectivity index (χ3n) is 4.17. The van der Waals surface area contributed by atoms with Crippen LogP contribution in [0.4, 0.5) is 0 Å². The quantitative estimate of drug-likeness (QED) is 0.544. The average Bonchev–Trinajstić information content (AvgIpc) is 2.60. The Balaban J connectivity index is 1.89. The Morgan fingerprint density at radius 3 is 2.12 bits per heavy atom. The van der Waals surface area contributed by atoms with Gasteiger partial charge in [0.25, 0.3) is 0 Å². The summed E-state index contributed by atoms with van der Waals surface area (Å²) in [6.45, 7) is 2.82. The molecule has 2 fully saturated rings. The molecule has 0 spiro atoms. The first-order valence-electron chi connectivity index (χ1n) is 7.11. The number of imide groups is 1. The van der Waals surface area contributed by atoms with Crippen molar-refractivity contribution in [3.8, 4) is 0 Å². The van der Waals surface area contributed by atoms with Crippen molar-refractivity contribution in [2.45, 2.75) is 58.3 Å². The van der Waals surface area contributed by atoms with Crippen LogP contribution < -0.4 is 0 Å². The van der Waals surface area contributed by atoms with Gasteiger partial charge in [-0.05, 0) is 19.3 Å². The van der Waals surface area contributed by atoms with Crippen LogP contribution in [-0.2, 0) is 9.59 Å². The van der Waals surface area contributed by atoms with Crippen molar-refractivity contribution >= 4 is 11.8 Å². The van der Waals surface area contributed by atoms with Crippen LogP contribution >= 0.6 is 0 Å². The zero-order chi connectivity index (χ0) is 12.3. The summed E-state index contributed by atoms with van der Waals surface area (Å²) in [4.78, 5) is 25.8. The number of likely N-dealkylation sites (tertiary alicyclic amines) is 1. The summed E-state index contributed by atoms with van der Waals surface area (Å²) in [6.07, 6.45) is 8.58. The fourth-order valence-electron chi connectivity index (χ4n) is 3.15. The Bertz CT molecular complexity index is 277. The molecule has 0 aromatic heterocycles. The average molecular weight is 237 g/mol. The summed E-state index contributed by atoms with van der Waals surface area (Å²) in [5, 5.41) is 0. The molecule has 1 heterocycles. The molecule has 1 aliphatic heterocycles. The van der Waals surface area contributed by atoms with E-state index in [1.54, 1.807) is 4.90 Å². The lowest BCUT2D eigenvalue weighted by molar-refractivity contribution is -0.139. The number of hydrogen-bond acceptors (Lipinski definition) is 2. The van der Waals surface area contributed by atoms with Crippen molar-refractivity contribution in [3.63, 3.8) is 0 Å². The Kier molecular flexibility index (Phi) is 4.19. The normalized spacial score (nSPS) is 28.6. The topological polar surface area (TPSA) is 37.4 Å². The standard InChI is InChI=1S/C14H23NO2/c1-2-3-4-7-10-15-13(16)11-8-5-6-9-12(11)14(15)17/h11-12H,2-10H2,1H3. The highest BCUT2D eigenvalue weighted by molar-refractivity contribution is 6.05. The fraction of sp³-hybridized carbons (Fsp3) is 0.857. The van der Waals surface area contributed by atoms with Crippen LogP contribution in [0, 0.1) is 11.8 Å². The molecule has 0 radical (unpaired) electrons. The fourth-order valence-corrected chi connectivity index (χ4v) is 3.15. The predicted molar refractivity (Wildman–Crippen MR) is 66.3 cm³/mol. The van der Waals surface area contributed by atoms with Crippen LogP contribution in [-0.4, -0.2) is 23.3 Å². The SMILES string of the molecule is CCCCCCN1C(=O)C2CCCCC2C1=O. The van der Waals surface area contributed by atoms with Crippen molar-refractivity contribution in [3.05, 3.63) is 0 Å². The van der Waals surface area contributed by atoms with E-state index in [2.05, 4.69) is 6.92 Å². The Morgan fingerprint density at radius 1 is 1.00 bits per heavy atom. The second-order valence-electron chi connectivity index (χ2n) is 5.39. The van der Waals surface area contributed by atoms with Crippen LogP contribution in [0.15, 0.2) is 0 Å². The van der Waals surface area contributed by atoms with E-state index in [4.69, 9.17) is 0 Å². The molecule has 3 heteroatoms. The van der Waals surface area contributed by atoms with Gasteiger partial charge in [-0.1, -0.05) is 39.0 Å². The van der Waals surface area contributed by atoms with E-state index < -0.39 is 0 Å². The lowest BCUT2D eigenvalue weighted by atomic mass is 9.81. The third-order valence-corrected chi connectivity index (χ3v) is 4.17. The van der Waals surface area contributed by atoms with Gasteiger partial charge in [0.1, 0.15) is 0 Å². The first-order chi connectivity index (χ1) is 8.25. The molecule has 2 aliphatic rings. The molecule has 0 aromatic carbocycles. The maximum Gasteiger partial charge on any atom is 0.233 e. The highest BCUT2D eigenvalue weighted by Gasteiger charge is 2.47. The summed E-state index contributed by atoms with van der Waals surface area (Å²) in [5.74, 6) is 0.303. The highest BCUT2D eigenvalue weighted by atomic mass is 16.2. The van der Waals surface area contributed by atoms with Gasteiger partial charge in [0.15, 0.2) is 0 Å². The van der Waals surface area contributed by atoms with E-state index in [0.717, 1.165) is 38.5 Å². The van der Waals surface area contributed by atoms with Crippen LogP contribution in [0.2, 0.25) is 0 Å². The molecule has 0 aromatic rings. The van der Waals surface area contributed by atoms with Gasteiger partial charge in [0.2, 0.25) is 11.8 Å². The van der Waals surface area contributed by atoms with Crippen molar-refractivity contribution in [1.82, 2.24) is 4.90 Å². The monoisotopic (exact) mass is 237 g/mol. The number of amides is 2. The summed E-state index contributed by atoms with van der Waals surface area (Å²) >= 11 is 0. The number of nitrogens with zero attached hydrogens (tertiary/aromatic N) is 1. The number of fused-ring (bicyclic) bond motifs is 1. The third kappa shape index (κ3) is 2.53. The summed E-state index contributed by atoms with van der Waals surface area (Å²) < 4.78 is 0. The van der Waals surface area contributed by atoms with E-state index in [9.17, 15) is 9.59 Å². The number of carbonyl (C=O) groups is 2. The maximum atomic E-state index is 12.1. The number of unbranched alkanes of at least 4 members (excludes halogenated alkanes) is 3. The molecule has 2 atom stereocenters. The van der Waals surface area contributed by atoms with Gasteiger partial charge in [0.05, 0.1) is 11.8 Å². The van der Waals surface area contributed by atoms with Crippen LogP contribution in [0.5, 0.6) is 0 Å². The second kappa shape index (κ2) is 5.65. The van der Waals surface area contributed by atoms with Crippen LogP contribution in [0.25, 0.3) is 0 Å². The number of rotatable bonds is 5. The van der Waals surface area contributed by atoms with Crippen molar-refractivity contribution in [1.29, 1.82) is 0 Å². The largest absolute Gasteiger partial charge is 0.282 e. The van der Waals surface area contributed by atoms with E-state index >= 15 is 0 Å². The zero-order valence-electron chi connectivity index (χ0n) is 10.8. The molecule has 2 amide bonds. The first-order valence-corrected chi connectivity index (χ1v) is 7.11. The summed E-state index contributed by atoms with van der Waals surface area (Å²) in [5.41, 5.74) is 0. The molecular formula is C14H23NO2. The first kappa shape index (κ1) is 12.6. The Morgan fingerprint density at radius 2 is 1.59 bits per heavy atom. The molecule has 0 bridgehead atoms. The molecule has 1 saturated carbocycles. The molecule has 96 valence electrons. The number of carbonyl (C=O) groups excluding carboxylic acids is 2. The second-order valence-corrected chi connectivity index (χ2v) is 5.39. The highest BCUT2D eigenvalue weighted by Crippen LogP contribution is 2.37. The van der Waals surface area contributed by atoms with Gasteiger partial charge in [-0.2, -0.15) is 0 Å². The Labute approximate surface area is 104 Å². The van der Waals surface area contributed by atoms with Gasteiger partial charge in [0, 0.05) is 6.54 Å². The van der Waals surface area contributed by atoms with Gasteiger partial charge in [-0.15, -0.1) is 0 Å². The maximum absolute atomic E-state index is 12.1. The smallest absolute Gasteiger partial charge is 0.233 e. The minimum Gasteiger partial charge on any atom is -0.282 e. The van der Waals surface area contributed by atoms with Gasteiger partial charge < -0.3 is 0 Å². The van der Waals surface area contributed by atoms with Gasteiger partial charge in [-0.3, -0.25) is 14.5 Å². The molecule has 1 aliphatic carbocycles. The molecular weight excluding hydrogens is 214 g/mol. The van der Waals surface area contributed by atoms with E-state index in [1.807, 2.05) is 0 Å². The van der Waals surface area contributed by atoms with Gasteiger partial charge >= 0.3 is 0 Å². The van der Waals surface area contributed by atoms with Crippen molar-refractivity contribution in [2.24, 2.45) is 11.8 Å². The molecule has 1 saturated heterocycles. The molecule has 17 heavy (non-hydrogen) atoms. The predicted octanol–water partition coefficient (Wildman–Crippen LogP) is 2.74. The summed E-state index contributed by atoms with van der Waals surface area (Å²) in [7, 11) is 0. The minimum absolute atomic E-state index is 0.0300. The van der Waals surface area contributed by atoms with Crippen molar-refractivity contribution in [2.75, 3.05) is 6.54 Å². The summed E-state index contributed by atoms with van der Waals surface area (Å²) in [6, 6.07) is 0. The van der Waals surface area contributed by atoms with Gasteiger partial charge in [-0.25, -0.2) is 0 Å². The van der Waals surface area contributed by atoms with E-state index in [1.165, 1.54) is 12.8 Å². The lowest BCUT2D eigenvalue weighted by Crippen LogP contribution is -2.32. The van der Waals surface area contributed by atoms with Crippen molar-refractivity contribution < 1.29 is 9.59 Å². The molecule has 2 unspecified atom stereocenters. The van der Waals surface area contributed by atoms with Crippen LogP contribution in [0.3, 0.4) is 0 Å². The van der Waals surface area contributed by atoms with E-state index in [0.29, 0.717) is 6.54 Å². The number of hydrogen-bond donors (Lipinski definition) is 0. The van der Waals surface area contributed by atoms with Crippen LogP contribution in [0.1, 0.15) is 58.3 Å². The van der Waals surface area contributed by atoms with E-state index in [-0.39, 0.29) is 23.7 Å². The lowest BCUT2D eigenvalue weighted by Gasteiger charge is -2.19.